The van der Waals surface area contributed by atoms with Crippen molar-refractivity contribution in [3.05, 3.63) is 77.0 Å². The Labute approximate surface area is 118 Å². The van der Waals surface area contributed by atoms with Crippen LogP contribution < -0.4 is 0 Å². The highest BCUT2D eigenvalue weighted by atomic mass is 16.3. The minimum atomic E-state index is -0.645. The predicted octanol–water partition coefficient (Wildman–Crippen LogP) is 3.93. The van der Waals surface area contributed by atoms with Crippen LogP contribution in [0.2, 0.25) is 0 Å². The molecule has 1 atom stereocenters. The Kier molecular flexibility index (Phi) is 3.25. The summed E-state index contributed by atoms with van der Waals surface area (Å²) in [5, 5.41) is 11.7. The van der Waals surface area contributed by atoms with Crippen molar-refractivity contribution in [2.24, 2.45) is 0 Å². The SMILES string of the molecule is Cc1ccc(C(O)c2cccc3cccnc23)cc1C. The molecule has 100 valence electrons. The van der Waals surface area contributed by atoms with Gasteiger partial charge in [-0.15, -0.1) is 0 Å². The molecule has 3 rings (SSSR count). The third-order valence-corrected chi connectivity index (χ3v) is 3.81. The van der Waals surface area contributed by atoms with E-state index in [1.54, 1.807) is 6.20 Å². The molecule has 0 fully saturated rings. The molecule has 0 radical (unpaired) electrons. The molecule has 0 aliphatic rings. The standard InChI is InChI=1S/C18H17NO/c1-12-8-9-15(11-13(12)2)18(20)16-7-3-5-14-6-4-10-19-17(14)16/h3-11,18,20H,1-2H3. The van der Waals surface area contributed by atoms with E-state index in [1.807, 2.05) is 48.5 Å². The molecule has 1 N–H and O–H groups in total. The molecular formula is C18H17NO. The Bertz CT molecular complexity index is 759. The average molecular weight is 263 g/mol. The molecule has 0 aliphatic heterocycles. The summed E-state index contributed by atoms with van der Waals surface area (Å²) in [5.74, 6) is 0. The van der Waals surface area contributed by atoms with Gasteiger partial charge in [0.05, 0.1) is 5.52 Å². The molecular weight excluding hydrogens is 246 g/mol. The van der Waals surface area contributed by atoms with Crippen LogP contribution in [0.5, 0.6) is 0 Å². The van der Waals surface area contributed by atoms with Crippen molar-refractivity contribution < 1.29 is 5.11 Å². The van der Waals surface area contributed by atoms with Crippen molar-refractivity contribution in [1.82, 2.24) is 4.98 Å². The third-order valence-electron chi connectivity index (χ3n) is 3.81. The van der Waals surface area contributed by atoms with Gasteiger partial charge < -0.3 is 5.11 Å². The summed E-state index contributed by atoms with van der Waals surface area (Å²) < 4.78 is 0. The van der Waals surface area contributed by atoms with Crippen LogP contribution in [0.4, 0.5) is 0 Å². The quantitative estimate of drug-likeness (QED) is 0.760. The molecule has 3 aromatic rings. The van der Waals surface area contributed by atoms with Gasteiger partial charge in [0.2, 0.25) is 0 Å². The first-order chi connectivity index (χ1) is 9.66. The number of aryl methyl sites for hydroxylation is 2. The number of pyridine rings is 1. The van der Waals surface area contributed by atoms with Crippen molar-refractivity contribution in [3.63, 3.8) is 0 Å². The molecule has 0 amide bonds. The van der Waals surface area contributed by atoms with Crippen LogP contribution >= 0.6 is 0 Å². The maximum atomic E-state index is 10.7. The first-order valence-electron chi connectivity index (χ1n) is 6.75. The lowest BCUT2D eigenvalue weighted by atomic mass is 9.96. The Morgan fingerprint density at radius 1 is 0.950 bits per heavy atom. The van der Waals surface area contributed by atoms with Gasteiger partial charge in [0.25, 0.3) is 0 Å². The molecule has 0 aliphatic carbocycles. The van der Waals surface area contributed by atoms with E-state index in [1.165, 1.54) is 11.1 Å². The molecule has 1 unspecified atom stereocenters. The predicted molar refractivity (Wildman–Crippen MR) is 81.7 cm³/mol. The molecule has 0 spiro atoms. The molecule has 1 heterocycles. The number of hydrogen-bond acceptors (Lipinski definition) is 2. The van der Waals surface area contributed by atoms with E-state index in [-0.39, 0.29) is 0 Å². The van der Waals surface area contributed by atoms with E-state index in [2.05, 4.69) is 18.8 Å². The van der Waals surface area contributed by atoms with Crippen LogP contribution in [-0.2, 0) is 0 Å². The van der Waals surface area contributed by atoms with Gasteiger partial charge in [-0.25, -0.2) is 0 Å². The molecule has 0 saturated carbocycles. The summed E-state index contributed by atoms with van der Waals surface area (Å²) in [7, 11) is 0. The summed E-state index contributed by atoms with van der Waals surface area (Å²) >= 11 is 0. The van der Waals surface area contributed by atoms with Gasteiger partial charge in [0.1, 0.15) is 6.10 Å². The van der Waals surface area contributed by atoms with E-state index in [0.717, 1.165) is 22.0 Å². The zero-order valence-electron chi connectivity index (χ0n) is 11.7. The van der Waals surface area contributed by atoms with Gasteiger partial charge in [-0.1, -0.05) is 42.5 Å². The number of para-hydroxylation sites is 1. The van der Waals surface area contributed by atoms with Crippen LogP contribution in [0.25, 0.3) is 10.9 Å². The third kappa shape index (κ3) is 2.19. The second-order valence-electron chi connectivity index (χ2n) is 5.17. The molecule has 20 heavy (non-hydrogen) atoms. The van der Waals surface area contributed by atoms with Crippen molar-refractivity contribution in [2.75, 3.05) is 0 Å². The van der Waals surface area contributed by atoms with E-state index in [9.17, 15) is 5.11 Å². The Hall–Kier alpha value is -2.19. The summed E-state index contributed by atoms with van der Waals surface area (Å²) in [6.45, 7) is 4.14. The van der Waals surface area contributed by atoms with Crippen LogP contribution in [-0.4, -0.2) is 10.1 Å². The number of rotatable bonds is 2. The summed E-state index contributed by atoms with van der Waals surface area (Å²) in [4.78, 5) is 4.41. The summed E-state index contributed by atoms with van der Waals surface area (Å²) in [5.41, 5.74) is 5.05. The molecule has 2 aromatic carbocycles. The fourth-order valence-corrected chi connectivity index (χ4v) is 2.46. The van der Waals surface area contributed by atoms with Crippen LogP contribution in [0.3, 0.4) is 0 Å². The van der Waals surface area contributed by atoms with Gasteiger partial charge in [-0.3, -0.25) is 4.98 Å². The first kappa shape index (κ1) is 12.8. The monoisotopic (exact) mass is 263 g/mol. The maximum absolute atomic E-state index is 10.7. The number of benzene rings is 2. The Morgan fingerprint density at radius 3 is 2.55 bits per heavy atom. The van der Waals surface area contributed by atoms with Gasteiger partial charge in [0.15, 0.2) is 0 Å². The van der Waals surface area contributed by atoms with Crippen molar-refractivity contribution in [3.8, 4) is 0 Å². The van der Waals surface area contributed by atoms with Gasteiger partial charge in [0, 0.05) is 17.1 Å². The highest BCUT2D eigenvalue weighted by molar-refractivity contribution is 5.82. The second kappa shape index (κ2) is 5.06. The summed E-state index contributed by atoms with van der Waals surface area (Å²) in [6, 6.07) is 15.9. The molecule has 2 nitrogen and oxygen atoms in total. The van der Waals surface area contributed by atoms with E-state index in [0.29, 0.717) is 0 Å². The molecule has 0 bridgehead atoms. The smallest absolute Gasteiger partial charge is 0.106 e. The number of aliphatic hydroxyl groups excluding tert-OH is 1. The first-order valence-corrected chi connectivity index (χ1v) is 6.75. The number of aromatic nitrogens is 1. The Morgan fingerprint density at radius 2 is 1.75 bits per heavy atom. The van der Waals surface area contributed by atoms with Crippen molar-refractivity contribution in [2.45, 2.75) is 20.0 Å². The molecule has 2 heteroatoms. The van der Waals surface area contributed by atoms with E-state index < -0.39 is 6.10 Å². The lowest BCUT2D eigenvalue weighted by molar-refractivity contribution is 0.221. The lowest BCUT2D eigenvalue weighted by Crippen LogP contribution is -2.02. The average Bonchev–Trinajstić information content (AvgIpc) is 2.49. The van der Waals surface area contributed by atoms with E-state index in [4.69, 9.17) is 0 Å². The maximum Gasteiger partial charge on any atom is 0.106 e. The minimum Gasteiger partial charge on any atom is -0.384 e. The molecule has 1 aromatic heterocycles. The van der Waals surface area contributed by atoms with Crippen LogP contribution in [0.15, 0.2) is 54.7 Å². The van der Waals surface area contributed by atoms with E-state index >= 15 is 0 Å². The number of fused-ring (bicyclic) bond motifs is 1. The van der Waals surface area contributed by atoms with Crippen LogP contribution in [0.1, 0.15) is 28.4 Å². The summed E-state index contributed by atoms with van der Waals surface area (Å²) in [6.07, 6.45) is 1.12. The Balaban J connectivity index is 2.12. The number of aliphatic hydroxyl groups is 1. The normalized spacial score (nSPS) is 12.6. The van der Waals surface area contributed by atoms with Crippen molar-refractivity contribution in [1.29, 1.82) is 0 Å². The molecule has 0 saturated heterocycles. The second-order valence-corrected chi connectivity index (χ2v) is 5.17. The highest BCUT2D eigenvalue weighted by Gasteiger charge is 2.14. The largest absolute Gasteiger partial charge is 0.384 e. The lowest BCUT2D eigenvalue weighted by Gasteiger charge is -2.15. The van der Waals surface area contributed by atoms with Gasteiger partial charge in [-0.2, -0.15) is 0 Å². The van der Waals surface area contributed by atoms with Crippen molar-refractivity contribution >= 4 is 10.9 Å². The van der Waals surface area contributed by atoms with Gasteiger partial charge in [-0.05, 0) is 36.6 Å². The fraction of sp³-hybridized carbons (Fsp3) is 0.167. The topological polar surface area (TPSA) is 33.1 Å². The highest BCUT2D eigenvalue weighted by Crippen LogP contribution is 2.28. The fourth-order valence-electron chi connectivity index (χ4n) is 2.46. The van der Waals surface area contributed by atoms with Gasteiger partial charge >= 0.3 is 0 Å². The zero-order chi connectivity index (χ0) is 14.1. The van der Waals surface area contributed by atoms with Crippen LogP contribution in [0, 0.1) is 13.8 Å². The zero-order valence-corrected chi connectivity index (χ0v) is 11.7. The minimum absolute atomic E-state index is 0.645. The number of nitrogens with zero attached hydrogens (tertiary/aromatic N) is 1. The number of hydrogen-bond donors (Lipinski definition) is 1.